The molecule has 10 heteroatoms. The topological polar surface area (TPSA) is 107 Å². The molecule has 42 heavy (non-hydrogen) atoms. The van der Waals surface area contributed by atoms with E-state index in [9.17, 15) is 9.90 Å². The monoisotopic (exact) mass is 566 g/mol. The predicted octanol–water partition coefficient (Wildman–Crippen LogP) is 4.83. The standard InChI is InChI=1S/C32H34N6O4/c1-21-16-28-24(4-3-12-38(28)35-21)20-42-31-6-2-5-26(34-31)22-9-13-36(14-10-22)19-30-33-27-8-7-23(32(39)40)17-29(27)37(30)18-25-11-15-41-25/h2-8,12,16-17,22,25H,9-11,13-15,18-20H2,1H3,(H,39,40)/t25-/m0/s1. The summed E-state index contributed by atoms with van der Waals surface area (Å²) in [7, 11) is 0. The lowest BCUT2D eigenvalue weighted by Gasteiger charge is -2.32. The molecular weight excluding hydrogens is 532 g/mol. The fourth-order valence-electron chi connectivity index (χ4n) is 6.06. The van der Waals surface area contributed by atoms with Gasteiger partial charge in [-0.1, -0.05) is 12.1 Å². The number of nitrogens with zero attached hydrogens (tertiary/aromatic N) is 6. The molecule has 0 radical (unpaired) electrons. The van der Waals surface area contributed by atoms with Gasteiger partial charge in [0.2, 0.25) is 5.88 Å². The number of aromatic nitrogens is 5. The Morgan fingerprint density at radius 2 is 1.90 bits per heavy atom. The van der Waals surface area contributed by atoms with Crippen molar-refractivity contribution in [2.24, 2.45) is 0 Å². The molecule has 0 spiro atoms. The smallest absolute Gasteiger partial charge is 0.335 e. The van der Waals surface area contributed by atoms with E-state index in [-0.39, 0.29) is 11.7 Å². The van der Waals surface area contributed by atoms with Gasteiger partial charge >= 0.3 is 5.97 Å². The number of likely N-dealkylation sites (tertiary alicyclic amines) is 1. The highest BCUT2D eigenvalue weighted by Gasteiger charge is 2.26. The zero-order chi connectivity index (χ0) is 28.6. The third kappa shape index (κ3) is 5.35. The van der Waals surface area contributed by atoms with Crippen LogP contribution in [-0.4, -0.2) is 65.9 Å². The summed E-state index contributed by atoms with van der Waals surface area (Å²) in [6.45, 7) is 6.48. The summed E-state index contributed by atoms with van der Waals surface area (Å²) in [6, 6.07) is 17.3. The van der Waals surface area contributed by atoms with E-state index < -0.39 is 5.97 Å². The number of ether oxygens (including phenoxy) is 2. The van der Waals surface area contributed by atoms with Crippen LogP contribution in [0.15, 0.2) is 60.8 Å². The highest BCUT2D eigenvalue weighted by Crippen LogP contribution is 2.30. The number of carboxylic acids is 1. The molecule has 10 nitrogen and oxygen atoms in total. The summed E-state index contributed by atoms with van der Waals surface area (Å²) in [5.74, 6) is 1.03. The second kappa shape index (κ2) is 11.2. The molecule has 6 heterocycles. The van der Waals surface area contributed by atoms with E-state index in [1.165, 1.54) is 0 Å². The van der Waals surface area contributed by atoms with E-state index in [1.54, 1.807) is 12.1 Å². The molecule has 0 aliphatic carbocycles. The predicted molar refractivity (Wildman–Crippen MR) is 157 cm³/mol. The van der Waals surface area contributed by atoms with Crippen LogP contribution in [0.1, 0.15) is 58.3 Å². The number of carbonyl (C=O) groups is 1. The number of carboxylic acid groups (broad SMARTS) is 1. The summed E-state index contributed by atoms with van der Waals surface area (Å²) in [4.78, 5) is 23.8. The lowest BCUT2D eigenvalue weighted by molar-refractivity contribution is -0.0592. The number of rotatable bonds is 9. The number of pyridine rings is 2. The summed E-state index contributed by atoms with van der Waals surface area (Å²) >= 11 is 0. The molecule has 0 saturated carbocycles. The Hall–Kier alpha value is -4.28. The minimum absolute atomic E-state index is 0.151. The van der Waals surface area contributed by atoms with Crippen molar-refractivity contribution in [2.75, 3.05) is 19.7 Å². The van der Waals surface area contributed by atoms with Gasteiger partial charge in [-0.25, -0.2) is 19.3 Å². The van der Waals surface area contributed by atoms with Crippen molar-refractivity contribution in [2.45, 2.75) is 57.9 Å². The molecule has 4 aromatic heterocycles. The van der Waals surface area contributed by atoms with Crippen LogP contribution in [0.25, 0.3) is 16.6 Å². The van der Waals surface area contributed by atoms with Gasteiger partial charge < -0.3 is 19.1 Å². The van der Waals surface area contributed by atoms with Gasteiger partial charge in [0.25, 0.3) is 0 Å². The Kier molecular flexibility index (Phi) is 7.09. The maximum Gasteiger partial charge on any atom is 0.335 e. The van der Waals surface area contributed by atoms with Crippen LogP contribution in [-0.2, 0) is 24.4 Å². The van der Waals surface area contributed by atoms with Crippen LogP contribution in [0.2, 0.25) is 0 Å². The fourth-order valence-corrected chi connectivity index (χ4v) is 6.06. The minimum atomic E-state index is -0.929. The number of aryl methyl sites for hydroxylation is 1. The first-order chi connectivity index (χ1) is 20.5. The van der Waals surface area contributed by atoms with E-state index in [2.05, 4.69) is 32.8 Å². The van der Waals surface area contributed by atoms with Gasteiger partial charge in [-0.05, 0) is 75.7 Å². The van der Waals surface area contributed by atoms with Crippen molar-refractivity contribution in [3.8, 4) is 5.88 Å². The molecule has 2 aliphatic heterocycles. The normalized spacial score (nSPS) is 18.0. The van der Waals surface area contributed by atoms with Gasteiger partial charge in [-0.2, -0.15) is 5.10 Å². The van der Waals surface area contributed by atoms with Crippen LogP contribution in [0.5, 0.6) is 5.88 Å². The van der Waals surface area contributed by atoms with E-state index >= 15 is 0 Å². The first kappa shape index (κ1) is 26.6. The zero-order valence-electron chi connectivity index (χ0n) is 23.6. The van der Waals surface area contributed by atoms with E-state index in [0.717, 1.165) is 78.3 Å². The Morgan fingerprint density at radius 3 is 2.69 bits per heavy atom. The maximum atomic E-state index is 11.6. The van der Waals surface area contributed by atoms with Gasteiger partial charge in [0, 0.05) is 36.0 Å². The second-order valence-electron chi connectivity index (χ2n) is 11.3. The van der Waals surface area contributed by atoms with Gasteiger partial charge in [-0.15, -0.1) is 0 Å². The quantitative estimate of drug-likeness (QED) is 0.270. The van der Waals surface area contributed by atoms with Crippen LogP contribution < -0.4 is 4.74 Å². The van der Waals surface area contributed by atoms with Crippen molar-refractivity contribution >= 4 is 22.5 Å². The zero-order valence-corrected chi connectivity index (χ0v) is 23.6. The molecule has 7 rings (SSSR count). The molecule has 5 aromatic rings. The minimum Gasteiger partial charge on any atom is -0.478 e. The van der Waals surface area contributed by atoms with Crippen LogP contribution in [0, 0.1) is 6.92 Å². The summed E-state index contributed by atoms with van der Waals surface area (Å²) < 4.78 is 15.9. The van der Waals surface area contributed by atoms with E-state index in [4.69, 9.17) is 19.4 Å². The molecule has 0 bridgehead atoms. The fraction of sp³-hybridized carbons (Fsp3) is 0.375. The lowest BCUT2D eigenvalue weighted by Crippen LogP contribution is -2.35. The SMILES string of the molecule is Cc1cc2c(COc3cccc(C4CCN(Cc5nc6ccc(C(=O)O)cc6n5C[C@@H]5CCO5)CC4)n3)cccn2n1. The molecule has 2 aliphatic rings. The highest BCUT2D eigenvalue weighted by molar-refractivity contribution is 5.92. The molecular formula is C32H34N6O4. The molecule has 216 valence electrons. The van der Waals surface area contributed by atoms with Gasteiger partial charge in [0.15, 0.2) is 0 Å². The second-order valence-corrected chi connectivity index (χ2v) is 11.3. The average Bonchev–Trinajstić information content (AvgIpc) is 3.53. The van der Waals surface area contributed by atoms with Crippen LogP contribution in [0.4, 0.5) is 0 Å². The molecule has 1 aromatic carbocycles. The largest absolute Gasteiger partial charge is 0.478 e. The average molecular weight is 567 g/mol. The van der Waals surface area contributed by atoms with Crippen LogP contribution in [0.3, 0.4) is 0 Å². The Balaban J connectivity index is 1.01. The van der Waals surface area contributed by atoms with Gasteiger partial charge in [0.1, 0.15) is 12.4 Å². The molecule has 0 amide bonds. The number of fused-ring (bicyclic) bond motifs is 2. The molecule has 2 saturated heterocycles. The molecule has 1 atom stereocenters. The van der Waals surface area contributed by atoms with Crippen molar-refractivity contribution in [1.82, 2.24) is 29.0 Å². The summed E-state index contributed by atoms with van der Waals surface area (Å²) in [5.41, 5.74) is 6.13. The molecule has 2 fully saturated rings. The maximum absolute atomic E-state index is 11.6. The number of hydrogen-bond acceptors (Lipinski definition) is 7. The summed E-state index contributed by atoms with van der Waals surface area (Å²) in [6.07, 6.45) is 5.11. The van der Waals surface area contributed by atoms with Crippen molar-refractivity contribution in [1.29, 1.82) is 0 Å². The van der Waals surface area contributed by atoms with Gasteiger partial charge in [-0.3, -0.25) is 4.90 Å². The van der Waals surface area contributed by atoms with E-state index in [1.807, 2.05) is 41.9 Å². The first-order valence-corrected chi connectivity index (χ1v) is 14.6. The Bertz CT molecular complexity index is 1750. The first-order valence-electron chi connectivity index (χ1n) is 14.6. The van der Waals surface area contributed by atoms with Gasteiger partial charge in [0.05, 0.1) is 47.0 Å². The molecule has 1 N–H and O–H groups in total. The Labute approximate surface area is 243 Å². The lowest BCUT2D eigenvalue weighted by atomic mass is 9.93. The van der Waals surface area contributed by atoms with Crippen molar-refractivity contribution < 1.29 is 19.4 Å². The van der Waals surface area contributed by atoms with Crippen molar-refractivity contribution in [3.05, 3.63) is 89.1 Å². The summed E-state index contributed by atoms with van der Waals surface area (Å²) in [5, 5.41) is 14.0. The third-order valence-electron chi connectivity index (χ3n) is 8.46. The van der Waals surface area contributed by atoms with Crippen LogP contribution >= 0.6 is 0 Å². The number of imidazole rings is 1. The number of hydrogen-bond donors (Lipinski definition) is 1. The Morgan fingerprint density at radius 1 is 1.05 bits per heavy atom. The number of benzene rings is 1. The number of aromatic carboxylic acids is 1. The van der Waals surface area contributed by atoms with E-state index in [0.29, 0.717) is 31.5 Å². The third-order valence-corrected chi connectivity index (χ3v) is 8.46. The van der Waals surface area contributed by atoms with Crippen molar-refractivity contribution in [3.63, 3.8) is 0 Å². The number of piperidine rings is 1. The molecule has 0 unspecified atom stereocenters. The highest BCUT2D eigenvalue weighted by atomic mass is 16.5.